The summed E-state index contributed by atoms with van der Waals surface area (Å²) in [5.41, 5.74) is 5.67. The summed E-state index contributed by atoms with van der Waals surface area (Å²) >= 11 is 5.05. The summed E-state index contributed by atoms with van der Waals surface area (Å²) in [7, 11) is 2.16. The molecule has 2 aliphatic heterocycles. The third kappa shape index (κ3) is 3.20. The van der Waals surface area contributed by atoms with Crippen molar-refractivity contribution in [2.45, 2.75) is 37.8 Å². The first kappa shape index (κ1) is 14.2. The summed E-state index contributed by atoms with van der Waals surface area (Å²) < 4.78 is 11.5. The predicted octanol–water partition coefficient (Wildman–Crippen LogP) is 1.18. The van der Waals surface area contributed by atoms with E-state index >= 15 is 0 Å². The average Bonchev–Trinajstić information content (AvgIpc) is 2.77. The lowest BCUT2D eigenvalue weighted by molar-refractivity contribution is -0.104. The fourth-order valence-electron chi connectivity index (χ4n) is 2.91. The first-order valence-electron chi connectivity index (χ1n) is 6.74. The lowest BCUT2D eigenvalue weighted by atomic mass is 9.88. The van der Waals surface area contributed by atoms with Gasteiger partial charge in [0, 0.05) is 38.1 Å². The van der Waals surface area contributed by atoms with E-state index in [2.05, 4.69) is 18.9 Å². The third-order valence-corrected chi connectivity index (χ3v) is 4.61. The molecule has 3 unspecified atom stereocenters. The molecule has 4 nitrogen and oxygen atoms in total. The van der Waals surface area contributed by atoms with E-state index in [0.717, 1.165) is 45.6 Å². The van der Waals surface area contributed by atoms with E-state index in [1.807, 2.05) is 0 Å². The molecule has 1 spiro atoms. The van der Waals surface area contributed by atoms with Crippen LogP contribution in [0.1, 0.15) is 26.2 Å². The summed E-state index contributed by atoms with van der Waals surface area (Å²) in [4.78, 5) is 2.99. The van der Waals surface area contributed by atoms with Gasteiger partial charge in [0.15, 0.2) is 0 Å². The van der Waals surface area contributed by atoms with Crippen molar-refractivity contribution >= 4 is 17.2 Å². The minimum absolute atomic E-state index is 0.0242. The molecule has 2 rings (SSSR count). The minimum atomic E-state index is -0.0242. The number of thiocarbonyl (C=S) groups is 1. The molecule has 2 fully saturated rings. The van der Waals surface area contributed by atoms with Gasteiger partial charge >= 0.3 is 0 Å². The molecule has 0 aliphatic carbocycles. The molecular weight excluding hydrogens is 248 g/mol. The van der Waals surface area contributed by atoms with Gasteiger partial charge in [-0.3, -0.25) is 0 Å². The Labute approximate surface area is 115 Å². The van der Waals surface area contributed by atoms with E-state index in [0.29, 0.717) is 11.0 Å². The molecule has 5 heteroatoms. The van der Waals surface area contributed by atoms with Gasteiger partial charge in [-0.1, -0.05) is 19.1 Å². The second kappa shape index (κ2) is 5.82. The number of hydrogen-bond donors (Lipinski definition) is 1. The first-order chi connectivity index (χ1) is 8.52. The SMILES string of the molecule is CC(CN(C)C1CCOC2(CCOC2)C1)C(N)=S. The van der Waals surface area contributed by atoms with Gasteiger partial charge in [-0.15, -0.1) is 0 Å². The van der Waals surface area contributed by atoms with E-state index in [9.17, 15) is 0 Å². The van der Waals surface area contributed by atoms with Crippen LogP contribution in [0.5, 0.6) is 0 Å². The Morgan fingerprint density at radius 2 is 2.33 bits per heavy atom. The normalized spacial score (nSPS) is 34.1. The summed E-state index contributed by atoms with van der Waals surface area (Å²) in [6, 6.07) is 0.553. The third-order valence-electron chi connectivity index (χ3n) is 4.20. The first-order valence-corrected chi connectivity index (χ1v) is 7.14. The molecule has 104 valence electrons. The van der Waals surface area contributed by atoms with Crippen LogP contribution in [0.3, 0.4) is 0 Å². The zero-order valence-corrected chi connectivity index (χ0v) is 12.2. The van der Waals surface area contributed by atoms with Crippen LogP contribution < -0.4 is 5.73 Å². The van der Waals surface area contributed by atoms with Crippen molar-refractivity contribution in [3.63, 3.8) is 0 Å². The molecule has 0 saturated carbocycles. The van der Waals surface area contributed by atoms with E-state index in [1.165, 1.54) is 0 Å². The summed E-state index contributed by atoms with van der Waals surface area (Å²) in [6.07, 6.45) is 3.18. The number of nitrogens with zero attached hydrogens (tertiary/aromatic N) is 1. The van der Waals surface area contributed by atoms with E-state index in [-0.39, 0.29) is 11.5 Å². The van der Waals surface area contributed by atoms with Crippen molar-refractivity contribution in [2.24, 2.45) is 11.7 Å². The molecule has 0 bridgehead atoms. The van der Waals surface area contributed by atoms with Gasteiger partial charge in [0.1, 0.15) is 0 Å². The average molecular weight is 272 g/mol. The second-order valence-corrected chi connectivity index (χ2v) is 6.20. The molecule has 18 heavy (non-hydrogen) atoms. The standard InChI is InChI=1S/C13H24N2O2S/c1-10(12(14)18)8-15(2)11-3-5-17-13(7-11)4-6-16-9-13/h10-11H,3-9H2,1-2H3,(H2,14,18). The topological polar surface area (TPSA) is 47.7 Å². The van der Waals surface area contributed by atoms with Crippen LogP contribution in [0.4, 0.5) is 0 Å². The molecule has 0 radical (unpaired) electrons. The van der Waals surface area contributed by atoms with Crippen molar-refractivity contribution in [3.8, 4) is 0 Å². The summed E-state index contributed by atoms with van der Waals surface area (Å²) in [5, 5.41) is 0. The van der Waals surface area contributed by atoms with Crippen molar-refractivity contribution < 1.29 is 9.47 Å². The molecule has 0 aromatic rings. The predicted molar refractivity (Wildman–Crippen MR) is 75.7 cm³/mol. The van der Waals surface area contributed by atoms with E-state index < -0.39 is 0 Å². The van der Waals surface area contributed by atoms with E-state index in [4.69, 9.17) is 27.4 Å². The van der Waals surface area contributed by atoms with Crippen molar-refractivity contribution in [3.05, 3.63) is 0 Å². The van der Waals surface area contributed by atoms with Crippen LogP contribution in [0, 0.1) is 5.92 Å². The number of rotatable bonds is 4. The Hall–Kier alpha value is -0.230. The second-order valence-electron chi connectivity index (χ2n) is 5.72. The Bertz CT molecular complexity index is 305. The monoisotopic (exact) mass is 272 g/mol. The maximum Gasteiger partial charge on any atom is 0.0951 e. The Morgan fingerprint density at radius 3 is 2.94 bits per heavy atom. The highest BCUT2D eigenvalue weighted by Crippen LogP contribution is 2.34. The minimum Gasteiger partial charge on any atom is -0.393 e. The van der Waals surface area contributed by atoms with Gasteiger partial charge < -0.3 is 20.1 Å². The smallest absolute Gasteiger partial charge is 0.0951 e. The highest BCUT2D eigenvalue weighted by atomic mass is 32.1. The fraction of sp³-hybridized carbons (Fsp3) is 0.923. The molecular formula is C13H24N2O2S. The Kier molecular flexibility index (Phi) is 4.59. The van der Waals surface area contributed by atoms with Crippen LogP contribution in [0.25, 0.3) is 0 Å². The van der Waals surface area contributed by atoms with Gasteiger partial charge in [-0.25, -0.2) is 0 Å². The Balaban J connectivity index is 1.90. The number of nitrogens with two attached hydrogens (primary N) is 1. The molecule has 2 heterocycles. The maximum atomic E-state index is 5.96. The van der Waals surface area contributed by atoms with Crippen molar-refractivity contribution in [1.82, 2.24) is 4.90 Å². The van der Waals surface area contributed by atoms with Crippen LogP contribution in [0.2, 0.25) is 0 Å². The summed E-state index contributed by atoms with van der Waals surface area (Å²) in [6.45, 7) is 5.44. The Morgan fingerprint density at radius 1 is 1.56 bits per heavy atom. The van der Waals surface area contributed by atoms with Gasteiger partial charge in [-0.2, -0.15) is 0 Å². The van der Waals surface area contributed by atoms with Gasteiger partial charge in [0.25, 0.3) is 0 Å². The fourth-order valence-corrected chi connectivity index (χ4v) is 2.99. The van der Waals surface area contributed by atoms with E-state index in [1.54, 1.807) is 0 Å². The quantitative estimate of drug-likeness (QED) is 0.779. The molecule has 0 amide bonds. The molecule has 3 atom stereocenters. The zero-order chi connectivity index (χ0) is 13.2. The highest BCUT2D eigenvalue weighted by Gasteiger charge is 2.42. The van der Waals surface area contributed by atoms with Gasteiger partial charge in [-0.05, 0) is 19.9 Å². The highest BCUT2D eigenvalue weighted by molar-refractivity contribution is 7.80. The number of hydrogen-bond acceptors (Lipinski definition) is 4. The zero-order valence-electron chi connectivity index (χ0n) is 11.4. The van der Waals surface area contributed by atoms with Crippen LogP contribution in [0.15, 0.2) is 0 Å². The lowest BCUT2D eigenvalue weighted by Crippen LogP contribution is -2.49. The molecule has 2 aliphatic rings. The van der Waals surface area contributed by atoms with Crippen LogP contribution in [-0.2, 0) is 9.47 Å². The van der Waals surface area contributed by atoms with Gasteiger partial charge in [0.2, 0.25) is 0 Å². The van der Waals surface area contributed by atoms with Crippen LogP contribution >= 0.6 is 12.2 Å². The molecule has 0 aromatic carbocycles. The lowest BCUT2D eigenvalue weighted by Gasteiger charge is -2.41. The molecule has 2 N–H and O–H groups in total. The summed E-state index contributed by atoms with van der Waals surface area (Å²) in [5.74, 6) is 0.267. The largest absolute Gasteiger partial charge is 0.393 e. The number of ether oxygens (including phenoxy) is 2. The molecule has 2 saturated heterocycles. The molecule has 0 aromatic heterocycles. The maximum absolute atomic E-state index is 5.96. The van der Waals surface area contributed by atoms with Crippen molar-refractivity contribution in [2.75, 3.05) is 33.4 Å². The van der Waals surface area contributed by atoms with Crippen molar-refractivity contribution in [1.29, 1.82) is 0 Å². The van der Waals surface area contributed by atoms with Crippen LogP contribution in [-0.4, -0.2) is 54.9 Å². The van der Waals surface area contributed by atoms with Gasteiger partial charge in [0.05, 0.1) is 17.2 Å².